The molecule has 1 aliphatic heterocycles. The standard InChI is InChI=1S/C25H31ClF4N4O2/c1-17(6-13-35)31-16-18-2-4-20(21(27)14-18)24(36)32-22-5-3-19(26)15-23(22)34-11-9-33(10-12-34)8-7-25(28,29)30/h2-5,14-15,17,31,35H,6-13,16H2,1H3,(H,32,36). The molecule has 198 valence electrons. The maximum atomic E-state index is 14.7. The number of carbonyl (C=O) groups excluding carboxylic acids is 1. The summed E-state index contributed by atoms with van der Waals surface area (Å²) in [5.41, 5.74) is 1.63. The van der Waals surface area contributed by atoms with Gasteiger partial charge in [-0.05, 0) is 49.2 Å². The van der Waals surface area contributed by atoms with Gasteiger partial charge in [-0.3, -0.25) is 9.69 Å². The number of nitrogens with zero attached hydrogens (tertiary/aromatic N) is 2. The summed E-state index contributed by atoms with van der Waals surface area (Å²) < 4.78 is 52.3. The highest BCUT2D eigenvalue weighted by atomic mass is 35.5. The molecule has 2 aromatic carbocycles. The van der Waals surface area contributed by atoms with Gasteiger partial charge in [-0.1, -0.05) is 17.7 Å². The Hall–Kier alpha value is -2.40. The third-order valence-corrected chi connectivity index (χ3v) is 6.36. The van der Waals surface area contributed by atoms with E-state index in [0.717, 1.165) is 0 Å². The van der Waals surface area contributed by atoms with E-state index in [-0.39, 0.29) is 24.8 Å². The van der Waals surface area contributed by atoms with Crippen LogP contribution in [0, 0.1) is 5.82 Å². The molecule has 0 aliphatic carbocycles. The van der Waals surface area contributed by atoms with Crippen molar-refractivity contribution < 1.29 is 27.5 Å². The number of hydrogen-bond acceptors (Lipinski definition) is 5. The Bertz CT molecular complexity index is 1030. The Labute approximate surface area is 213 Å². The first kappa shape index (κ1) is 28.2. The molecule has 1 atom stereocenters. The minimum absolute atomic E-state index is 0.0540. The van der Waals surface area contributed by atoms with Crippen molar-refractivity contribution in [1.82, 2.24) is 10.2 Å². The van der Waals surface area contributed by atoms with Crippen LogP contribution in [-0.2, 0) is 6.54 Å². The highest BCUT2D eigenvalue weighted by Gasteiger charge is 2.29. The Morgan fingerprint density at radius 2 is 1.86 bits per heavy atom. The van der Waals surface area contributed by atoms with Crippen molar-refractivity contribution in [3.8, 4) is 0 Å². The molecule has 0 aromatic heterocycles. The SMILES string of the molecule is CC(CCO)NCc1ccc(C(=O)Nc2ccc(Cl)cc2N2CCN(CCC(F)(F)F)CC2)c(F)c1. The van der Waals surface area contributed by atoms with Gasteiger partial charge in [0.15, 0.2) is 0 Å². The number of anilines is 2. The summed E-state index contributed by atoms with van der Waals surface area (Å²) in [5, 5.41) is 15.4. The molecule has 0 spiro atoms. The number of aliphatic hydroxyl groups excluding tert-OH is 1. The van der Waals surface area contributed by atoms with Crippen molar-refractivity contribution in [2.45, 2.75) is 38.5 Å². The molecule has 1 unspecified atom stereocenters. The fourth-order valence-corrected chi connectivity index (χ4v) is 4.17. The predicted octanol–water partition coefficient (Wildman–Crippen LogP) is 4.67. The van der Waals surface area contributed by atoms with Crippen LogP contribution in [0.1, 0.15) is 35.7 Å². The molecule has 3 rings (SSSR count). The Balaban J connectivity index is 1.65. The third-order valence-electron chi connectivity index (χ3n) is 6.13. The lowest BCUT2D eigenvalue weighted by molar-refractivity contribution is -0.138. The van der Waals surface area contributed by atoms with E-state index in [0.29, 0.717) is 61.1 Å². The normalized spacial score (nSPS) is 15.7. The molecule has 1 aliphatic rings. The number of benzene rings is 2. The number of piperazine rings is 1. The molecule has 0 bridgehead atoms. The van der Waals surface area contributed by atoms with E-state index in [4.69, 9.17) is 16.7 Å². The first-order chi connectivity index (χ1) is 17.1. The molecule has 0 saturated carbocycles. The first-order valence-electron chi connectivity index (χ1n) is 11.8. The van der Waals surface area contributed by atoms with Crippen LogP contribution in [0.2, 0.25) is 5.02 Å². The van der Waals surface area contributed by atoms with Crippen molar-refractivity contribution in [2.24, 2.45) is 0 Å². The maximum absolute atomic E-state index is 14.7. The van der Waals surface area contributed by atoms with Gasteiger partial charge in [-0.2, -0.15) is 13.2 Å². The smallest absolute Gasteiger partial charge is 0.390 e. The summed E-state index contributed by atoms with van der Waals surface area (Å²) >= 11 is 6.18. The van der Waals surface area contributed by atoms with E-state index < -0.39 is 24.3 Å². The summed E-state index contributed by atoms with van der Waals surface area (Å²) in [6.07, 6.45) is -4.47. The zero-order valence-corrected chi connectivity index (χ0v) is 20.8. The zero-order valence-electron chi connectivity index (χ0n) is 20.0. The Kier molecular flexibility index (Phi) is 9.95. The van der Waals surface area contributed by atoms with Gasteiger partial charge in [0.2, 0.25) is 0 Å². The average Bonchev–Trinajstić information content (AvgIpc) is 2.82. The molecular weight excluding hydrogens is 500 g/mol. The minimum Gasteiger partial charge on any atom is -0.396 e. The third kappa shape index (κ3) is 8.33. The average molecular weight is 531 g/mol. The van der Waals surface area contributed by atoms with Crippen LogP contribution in [0.15, 0.2) is 36.4 Å². The highest BCUT2D eigenvalue weighted by molar-refractivity contribution is 6.31. The van der Waals surface area contributed by atoms with E-state index in [1.54, 1.807) is 29.2 Å². The van der Waals surface area contributed by atoms with E-state index >= 15 is 0 Å². The summed E-state index contributed by atoms with van der Waals surface area (Å²) in [5.74, 6) is -1.27. The fourth-order valence-electron chi connectivity index (χ4n) is 4.00. The second-order valence-electron chi connectivity index (χ2n) is 8.92. The number of aliphatic hydroxyl groups is 1. The van der Waals surface area contributed by atoms with E-state index in [2.05, 4.69) is 10.6 Å². The summed E-state index contributed by atoms with van der Waals surface area (Å²) in [4.78, 5) is 16.6. The van der Waals surface area contributed by atoms with Crippen LogP contribution in [0.4, 0.5) is 28.9 Å². The van der Waals surface area contributed by atoms with Gasteiger partial charge < -0.3 is 20.6 Å². The molecule has 36 heavy (non-hydrogen) atoms. The lowest BCUT2D eigenvalue weighted by Gasteiger charge is -2.37. The Morgan fingerprint density at radius 3 is 2.50 bits per heavy atom. The molecule has 11 heteroatoms. The van der Waals surface area contributed by atoms with Crippen LogP contribution in [0.25, 0.3) is 0 Å². The monoisotopic (exact) mass is 530 g/mol. The van der Waals surface area contributed by atoms with Crippen molar-refractivity contribution in [3.63, 3.8) is 0 Å². The van der Waals surface area contributed by atoms with Gasteiger partial charge in [-0.25, -0.2) is 4.39 Å². The van der Waals surface area contributed by atoms with Gasteiger partial charge in [0, 0.05) is 56.9 Å². The lowest BCUT2D eigenvalue weighted by Crippen LogP contribution is -2.47. The van der Waals surface area contributed by atoms with Crippen molar-refractivity contribution in [3.05, 3.63) is 58.4 Å². The van der Waals surface area contributed by atoms with Crippen LogP contribution in [-0.4, -0.2) is 67.5 Å². The molecule has 1 fully saturated rings. The second kappa shape index (κ2) is 12.7. The van der Waals surface area contributed by atoms with Gasteiger partial charge >= 0.3 is 6.18 Å². The van der Waals surface area contributed by atoms with Crippen LogP contribution in [0.5, 0.6) is 0 Å². The number of hydrogen-bond donors (Lipinski definition) is 3. The number of amides is 1. The molecule has 6 nitrogen and oxygen atoms in total. The number of alkyl halides is 3. The molecule has 1 saturated heterocycles. The van der Waals surface area contributed by atoms with E-state index in [9.17, 15) is 22.4 Å². The molecule has 3 N–H and O–H groups in total. The van der Waals surface area contributed by atoms with Crippen molar-refractivity contribution >= 4 is 28.9 Å². The summed E-state index contributed by atoms with van der Waals surface area (Å²) in [6, 6.07) is 9.38. The van der Waals surface area contributed by atoms with Crippen molar-refractivity contribution in [1.29, 1.82) is 0 Å². The van der Waals surface area contributed by atoms with Gasteiger partial charge in [-0.15, -0.1) is 0 Å². The van der Waals surface area contributed by atoms with Gasteiger partial charge in [0.1, 0.15) is 5.82 Å². The molecule has 0 radical (unpaired) electrons. The largest absolute Gasteiger partial charge is 0.396 e. The quantitative estimate of drug-likeness (QED) is 0.390. The molecule has 2 aromatic rings. The maximum Gasteiger partial charge on any atom is 0.390 e. The van der Waals surface area contributed by atoms with Crippen LogP contribution >= 0.6 is 11.6 Å². The number of nitrogens with one attached hydrogen (secondary N) is 2. The number of rotatable bonds is 10. The molecular formula is C25H31ClF4N4O2. The van der Waals surface area contributed by atoms with Crippen LogP contribution in [0.3, 0.4) is 0 Å². The molecule has 1 amide bonds. The van der Waals surface area contributed by atoms with E-state index in [1.165, 1.54) is 12.1 Å². The topological polar surface area (TPSA) is 67.8 Å². The molecule has 1 heterocycles. The lowest BCUT2D eigenvalue weighted by atomic mass is 10.1. The summed E-state index contributed by atoms with van der Waals surface area (Å²) in [6.45, 7) is 4.13. The van der Waals surface area contributed by atoms with E-state index in [1.807, 2.05) is 11.8 Å². The fraction of sp³-hybridized carbons (Fsp3) is 0.480. The van der Waals surface area contributed by atoms with Gasteiger partial charge in [0.25, 0.3) is 5.91 Å². The minimum atomic E-state index is -4.19. The van der Waals surface area contributed by atoms with Crippen LogP contribution < -0.4 is 15.5 Å². The highest BCUT2D eigenvalue weighted by Crippen LogP contribution is 2.31. The Morgan fingerprint density at radius 1 is 1.14 bits per heavy atom. The predicted molar refractivity (Wildman–Crippen MR) is 133 cm³/mol. The zero-order chi connectivity index (χ0) is 26.3. The number of halogens is 5. The number of carbonyl (C=O) groups is 1. The van der Waals surface area contributed by atoms with Crippen molar-refractivity contribution in [2.75, 3.05) is 49.5 Å². The second-order valence-corrected chi connectivity index (χ2v) is 9.35. The van der Waals surface area contributed by atoms with Gasteiger partial charge in [0.05, 0.1) is 23.4 Å². The summed E-state index contributed by atoms with van der Waals surface area (Å²) in [7, 11) is 0. The first-order valence-corrected chi connectivity index (χ1v) is 12.2.